The number of hydrogen-bond donors (Lipinski definition) is 2. The molecule has 1 saturated heterocycles. The first-order chi connectivity index (χ1) is 12.5. The summed E-state index contributed by atoms with van der Waals surface area (Å²) in [5, 5.41) is 12.1. The second kappa shape index (κ2) is 7.06. The van der Waals surface area contributed by atoms with E-state index in [0.29, 0.717) is 0 Å². The van der Waals surface area contributed by atoms with Crippen LogP contribution >= 0.6 is 0 Å². The molecule has 1 aliphatic carbocycles. The minimum atomic E-state index is -1.30. The highest BCUT2D eigenvalue weighted by molar-refractivity contribution is 6.04. The van der Waals surface area contributed by atoms with E-state index < -0.39 is 46.7 Å². The average molecular weight is 376 g/mol. The molecule has 0 radical (unpaired) electrons. The summed E-state index contributed by atoms with van der Waals surface area (Å²) in [5.41, 5.74) is -2.03. The monoisotopic (exact) mass is 376 g/mol. The van der Waals surface area contributed by atoms with Crippen LogP contribution in [0.3, 0.4) is 0 Å². The zero-order valence-corrected chi connectivity index (χ0v) is 15.8. The Morgan fingerprint density at radius 1 is 1.41 bits per heavy atom. The van der Waals surface area contributed by atoms with Gasteiger partial charge in [0.15, 0.2) is 0 Å². The first kappa shape index (κ1) is 20.5. The van der Waals surface area contributed by atoms with Crippen molar-refractivity contribution < 1.29 is 29.0 Å². The molecule has 3 amide bonds. The number of nitrogens with zero attached hydrogens (tertiary/aromatic N) is 1. The Morgan fingerprint density at radius 2 is 2.04 bits per heavy atom. The molecule has 0 bridgehead atoms. The van der Waals surface area contributed by atoms with Crippen LogP contribution in [0.2, 0.25) is 0 Å². The van der Waals surface area contributed by atoms with E-state index in [2.05, 4.69) is 11.2 Å². The van der Waals surface area contributed by atoms with Gasteiger partial charge in [-0.15, -0.1) is 6.42 Å². The van der Waals surface area contributed by atoms with Crippen LogP contribution in [0.4, 0.5) is 4.79 Å². The Hall–Kier alpha value is -2.82. The highest BCUT2D eigenvalue weighted by atomic mass is 16.5. The third-order valence-corrected chi connectivity index (χ3v) is 5.48. The standard InChI is InChI=1S/C19H24N2O6/c1-6-9-21-12(15(23)20-17(21)26)10-19(16(24)25)13(18(19,4)5)7-8-14(22)27-11(2)3/h1,7-8,11-13H,9-10H2,2-5H3,(H,24,25)(H,20,23,26)/b8-7-/t12?,13-,19+/m1/s1. The summed E-state index contributed by atoms with van der Waals surface area (Å²) in [4.78, 5) is 49.1. The van der Waals surface area contributed by atoms with Crippen molar-refractivity contribution in [3.63, 3.8) is 0 Å². The summed E-state index contributed by atoms with van der Waals surface area (Å²) in [6.07, 6.45) is 7.61. The number of amides is 3. The van der Waals surface area contributed by atoms with E-state index in [9.17, 15) is 24.3 Å². The Morgan fingerprint density at radius 3 is 2.56 bits per heavy atom. The van der Waals surface area contributed by atoms with E-state index in [1.165, 1.54) is 12.2 Å². The van der Waals surface area contributed by atoms with Gasteiger partial charge in [0.1, 0.15) is 6.04 Å². The van der Waals surface area contributed by atoms with Crippen molar-refractivity contribution in [2.24, 2.45) is 16.7 Å². The molecular formula is C19H24N2O6. The van der Waals surface area contributed by atoms with Crippen molar-refractivity contribution in [1.82, 2.24) is 10.2 Å². The van der Waals surface area contributed by atoms with Gasteiger partial charge in [-0.05, 0) is 25.7 Å². The van der Waals surface area contributed by atoms with Gasteiger partial charge in [-0.3, -0.25) is 14.9 Å². The van der Waals surface area contributed by atoms with Crippen LogP contribution < -0.4 is 5.32 Å². The maximum absolute atomic E-state index is 12.2. The fourth-order valence-electron chi connectivity index (χ4n) is 3.96. The number of imide groups is 1. The molecule has 0 aromatic rings. The predicted octanol–water partition coefficient (Wildman–Crippen LogP) is 1.16. The molecule has 1 aliphatic heterocycles. The van der Waals surface area contributed by atoms with E-state index >= 15 is 0 Å². The summed E-state index contributed by atoms with van der Waals surface area (Å²) >= 11 is 0. The number of carboxylic acid groups (broad SMARTS) is 1. The van der Waals surface area contributed by atoms with E-state index in [0.717, 1.165) is 4.90 Å². The molecular weight excluding hydrogens is 352 g/mol. The molecule has 2 N–H and O–H groups in total. The van der Waals surface area contributed by atoms with Crippen LogP contribution in [0.5, 0.6) is 0 Å². The van der Waals surface area contributed by atoms with Crippen molar-refractivity contribution in [2.45, 2.75) is 46.3 Å². The Kier molecular flexibility index (Phi) is 5.36. The quantitative estimate of drug-likeness (QED) is 0.298. The number of urea groups is 1. The van der Waals surface area contributed by atoms with Crippen molar-refractivity contribution >= 4 is 23.9 Å². The predicted molar refractivity (Wildman–Crippen MR) is 95.2 cm³/mol. The zero-order chi connectivity index (χ0) is 20.6. The number of esters is 1. The lowest BCUT2D eigenvalue weighted by Gasteiger charge is -2.24. The smallest absolute Gasteiger partial charge is 0.330 e. The van der Waals surface area contributed by atoms with Crippen LogP contribution in [0.1, 0.15) is 34.1 Å². The fraction of sp³-hybridized carbons (Fsp3) is 0.579. The second-order valence-corrected chi connectivity index (χ2v) is 7.67. The van der Waals surface area contributed by atoms with Gasteiger partial charge >= 0.3 is 18.0 Å². The maximum Gasteiger partial charge on any atom is 0.330 e. The number of nitrogens with one attached hydrogen (secondary N) is 1. The number of terminal acetylenes is 1. The fourth-order valence-corrected chi connectivity index (χ4v) is 3.96. The normalized spacial score (nSPS) is 29.0. The first-order valence-corrected chi connectivity index (χ1v) is 8.66. The van der Waals surface area contributed by atoms with Crippen LogP contribution in [0.25, 0.3) is 0 Å². The van der Waals surface area contributed by atoms with Crippen LogP contribution in [0.15, 0.2) is 12.2 Å². The third-order valence-electron chi connectivity index (χ3n) is 5.48. The number of rotatable bonds is 7. The second-order valence-electron chi connectivity index (χ2n) is 7.67. The summed E-state index contributed by atoms with van der Waals surface area (Å²) in [5.74, 6) is -0.415. The Labute approximate surface area is 157 Å². The van der Waals surface area contributed by atoms with Gasteiger partial charge in [-0.2, -0.15) is 0 Å². The number of allylic oxidation sites excluding steroid dienone is 1. The number of hydrogen-bond acceptors (Lipinski definition) is 5. The van der Waals surface area contributed by atoms with Gasteiger partial charge in [0.05, 0.1) is 18.1 Å². The lowest BCUT2D eigenvalue weighted by atomic mass is 9.88. The molecule has 2 aliphatic rings. The maximum atomic E-state index is 12.2. The molecule has 27 heavy (non-hydrogen) atoms. The molecule has 1 heterocycles. The topological polar surface area (TPSA) is 113 Å². The summed E-state index contributed by atoms with van der Waals surface area (Å²) < 4.78 is 5.03. The van der Waals surface area contributed by atoms with Crippen LogP contribution in [-0.4, -0.2) is 52.6 Å². The molecule has 2 rings (SSSR count). The van der Waals surface area contributed by atoms with Gasteiger partial charge in [-0.1, -0.05) is 25.8 Å². The lowest BCUT2D eigenvalue weighted by molar-refractivity contribution is -0.146. The molecule has 3 atom stereocenters. The minimum Gasteiger partial charge on any atom is -0.481 e. The van der Waals surface area contributed by atoms with Gasteiger partial charge in [0, 0.05) is 12.0 Å². The highest BCUT2D eigenvalue weighted by Gasteiger charge is 2.75. The number of carbonyl (C=O) groups is 4. The molecule has 8 nitrogen and oxygen atoms in total. The number of ether oxygens (including phenoxy) is 1. The molecule has 0 spiro atoms. The van der Waals surface area contributed by atoms with Crippen molar-refractivity contribution in [3.05, 3.63) is 12.2 Å². The van der Waals surface area contributed by atoms with E-state index in [4.69, 9.17) is 11.2 Å². The summed E-state index contributed by atoms with van der Waals surface area (Å²) in [7, 11) is 0. The molecule has 2 fully saturated rings. The SMILES string of the molecule is C#CCN1C(=O)NC(=O)C1C[C@@]1(C(=O)O)[C@H](/C=C\C(=O)OC(C)C)C1(C)C. The molecule has 146 valence electrons. The van der Waals surface area contributed by atoms with Crippen molar-refractivity contribution in [2.75, 3.05) is 6.54 Å². The van der Waals surface area contributed by atoms with Gasteiger partial charge < -0.3 is 14.7 Å². The molecule has 0 aromatic carbocycles. The van der Waals surface area contributed by atoms with Gasteiger partial charge in [0.2, 0.25) is 0 Å². The average Bonchev–Trinajstić information content (AvgIpc) is 2.89. The first-order valence-electron chi connectivity index (χ1n) is 8.66. The number of carbonyl (C=O) groups excluding carboxylic acids is 3. The third kappa shape index (κ3) is 3.42. The number of aliphatic carboxylic acids is 1. The Bertz CT molecular complexity index is 748. The lowest BCUT2D eigenvalue weighted by Crippen LogP contribution is -2.40. The van der Waals surface area contributed by atoms with Gasteiger partial charge in [0.25, 0.3) is 5.91 Å². The highest BCUT2D eigenvalue weighted by Crippen LogP contribution is 2.72. The molecule has 1 saturated carbocycles. The molecule has 8 heteroatoms. The van der Waals surface area contributed by atoms with Gasteiger partial charge in [-0.25, -0.2) is 9.59 Å². The largest absolute Gasteiger partial charge is 0.481 e. The minimum absolute atomic E-state index is 0.0944. The van der Waals surface area contributed by atoms with E-state index in [1.807, 2.05) is 0 Å². The van der Waals surface area contributed by atoms with E-state index in [1.54, 1.807) is 27.7 Å². The van der Waals surface area contributed by atoms with Crippen molar-refractivity contribution in [1.29, 1.82) is 0 Å². The van der Waals surface area contributed by atoms with E-state index in [-0.39, 0.29) is 19.1 Å². The number of carboxylic acids is 1. The summed E-state index contributed by atoms with van der Waals surface area (Å²) in [6.45, 7) is 6.84. The molecule has 1 unspecified atom stereocenters. The zero-order valence-electron chi connectivity index (χ0n) is 15.8. The Balaban J connectivity index is 2.27. The molecule has 0 aromatic heterocycles. The summed E-state index contributed by atoms with van der Waals surface area (Å²) in [6, 6.07) is -1.60. The van der Waals surface area contributed by atoms with Crippen LogP contribution in [0, 0.1) is 29.1 Å². The van der Waals surface area contributed by atoms with Crippen molar-refractivity contribution in [3.8, 4) is 12.3 Å². The van der Waals surface area contributed by atoms with Crippen LogP contribution in [-0.2, 0) is 19.1 Å².